The maximum absolute atomic E-state index is 12.2. The van der Waals surface area contributed by atoms with Crippen LogP contribution in [-0.2, 0) is 0 Å². The Morgan fingerprint density at radius 3 is 2.60 bits per heavy atom. The molecule has 0 saturated carbocycles. The van der Waals surface area contributed by atoms with Crippen molar-refractivity contribution in [3.63, 3.8) is 0 Å². The van der Waals surface area contributed by atoms with Gasteiger partial charge in [-0.15, -0.1) is 0 Å². The Kier molecular flexibility index (Phi) is 4.40. The van der Waals surface area contributed by atoms with Gasteiger partial charge in [0, 0.05) is 24.7 Å². The molecule has 0 aliphatic heterocycles. The Balaban J connectivity index is 2.32. The number of carbonyl (C=O) groups excluding carboxylic acids is 1. The minimum absolute atomic E-state index is 0.279. The SMILES string of the molecule is Cc1cc(Br)oc1C(=O)Nc1cc(Cl)ccc1N(C)C. The van der Waals surface area contributed by atoms with E-state index in [9.17, 15) is 4.79 Å². The second-order valence-electron chi connectivity index (χ2n) is 4.57. The lowest BCUT2D eigenvalue weighted by atomic mass is 10.2. The number of nitrogens with one attached hydrogen (secondary N) is 1. The maximum atomic E-state index is 12.2. The average molecular weight is 358 g/mol. The van der Waals surface area contributed by atoms with Crippen molar-refractivity contribution < 1.29 is 9.21 Å². The minimum Gasteiger partial charge on any atom is -0.444 e. The molecular weight excluding hydrogens is 344 g/mol. The summed E-state index contributed by atoms with van der Waals surface area (Å²) in [7, 11) is 3.79. The van der Waals surface area contributed by atoms with Crippen LogP contribution in [0.4, 0.5) is 11.4 Å². The van der Waals surface area contributed by atoms with Gasteiger partial charge >= 0.3 is 0 Å². The van der Waals surface area contributed by atoms with Gasteiger partial charge in [-0.3, -0.25) is 4.79 Å². The fraction of sp³-hybridized carbons (Fsp3) is 0.214. The molecule has 106 valence electrons. The van der Waals surface area contributed by atoms with Crippen LogP contribution in [0.1, 0.15) is 16.1 Å². The lowest BCUT2D eigenvalue weighted by molar-refractivity contribution is 0.0994. The number of amides is 1. The Labute approximate surface area is 130 Å². The average Bonchev–Trinajstić information content (AvgIpc) is 2.68. The van der Waals surface area contributed by atoms with Gasteiger partial charge in [-0.05, 0) is 47.1 Å². The highest BCUT2D eigenvalue weighted by Gasteiger charge is 2.17. The lowest BCUT2D eigenvalue weighted by Crippen LogP contribution is -2.16. The highest BCUT2D eigenvalue weighted by Crippen LogP contribution is 2.29. The monoisotopic (exact) mass is 356 g/mol. The highest BCUT2D eigenvalue weighted by molar-refractivity contribution is 9.10. The number of aryl methyl sites for hydroxylation is 1. The molecule has 0 aliphatic carbocycles. The van der Waals surface area contributed by atoms with Crippen molar-refractivity contribution in [2.75, 3.05) is 24.3 Å². The van der Waals surface area contributed by atoms with E-state index >= 15 is 0 Å². The molecule has 6 heteroatoms. The number of furan rings is 1. The second kappa shape index (κ2) is 5.89. The molecule has 0 unspecified atom stereocenters. The first-order valence-electron chi connectivity index (χ1n) is 5.92. The maximum Gasteiger partial charge on any atom is 0.291 e. The van der Waals surface area contributed by atoms with E-state index in [-0.39, 0.29) is 11.7 Å². The third-order valence-electron chi connectivity index (χ3n) is 2.78. The summed E-state index contributed by atoms with van der Waals surface area (Å²) >= 11 is 9.20. The molecule has 0 saturated heterocycles. The zero-order chi connectivity index (χ0) is 14.9. The molecule has 2 aromatic rings. The lowest BCUT2D eigenvalue weighted by Gasteiger charge is -2.18. The molecule has 1 amide bonds. The summed E-state index contributed by atoms with van der Waals surface area (Å²) in [5, 5.41) is 3.38. The van der Waals surface area contributed by atoms with Crippen LogP contribution in [0.15, 0.2) is 33.4 Å². The van der Waals surface area contributed by atoms with Gasteiger partial charge in [0.25, 0.3) is 5.91 Å². The second-order valence-corrected chi connectivity index (χ2v) is 5.79. The van der Waals surface area contributed by atoms with Crippen LogP contribution >= 0.6 is 27.5 Å². The van der Waals surface area contributed by atoms with Crippen LogP contribution in [0.5, 0.6) is 0 Å². The van der Waals surface area contributed by atoms with Crippen molar-refractivity contribution in [1.29, 1.82) is 0 Å². The topological polar surface area (TPSA) is 45.5 Å². The smallest absolute Gasteiger partial charge is 0.291 e. The summed E-state index contributed by atoms with van der Waals surface area (Å²) in [5.74, 6) is -0.0277. The molecule has 0 fully saturated rings. The number of hydrogen-bond acceptors (Lipinski definition) is 3. The zero-order valence-electron chi connectivity index (χ0n) is 11.3. The van der Waals surface area contributed by atoms with Crippen molar-refractivity contribution >= 4 is 44.8 Å². The van der Waals surface area contributed by atoms with Gasteiger partial charge in [0.2, 0.25) is 0 Å². The largest absolute Gasteiger partial charge is 0.444 e. The quantitative estimate of drug-likeness (QED) is 0.889. The molecule has 2 rings (SSSR count). The van der Waals surface area contributed by atoms with E-state index in [0.717, 1.165) is 11.3 Å². The van der Waals surface area contributed by atoms with Crippen molar-refractivity contribution in [2.45, 2.75) is 6.92 Å². The molecule has 0 radical (unpaired) electrons. The van der Waals surface area contributed by atoms with E-state index in [1.54, 1.807) is 18.2 Å². The number of anilines is 2. The zero-order valence-corrected chi connectivity index (χ0v) is 13.7. The summed E-state index contributed by atoms with van der Waals surface area (Å²) in [6.45, 7) is 1.81. The first kappa shape index (κ1) is 14.9. The Hall–Kier alpha value is -1.46. The number of rotatable bonds is 3. The van der Waals surface area contributed by atoms with Crippen molar-refractivity contribution in [3.8, 4) is 0 Å². The van der Waals surface area contributed by atoms with Crippen molar-refractivity contribution in [2.24, 2.45) is 0 Å². The van der Waals surface area contributed by atoms with Crippen LogP contribution in [0.2, 0.25) is 5.02 Å². The molecule has 0 atom stereocenters. The van der Waals surface area contributed by atoms with Crippen LogP contribution in [0.3, 0.4) is 0 Å². The molecule has 0 bridgehead atoms. The van der Waals surface area contributed by atoms with Gasteiger partial charge in [0.1, 0.15) is 0 Å². The normalized spacial score (nSPS) is 10.4. The van der Waals surface area contributed by atoms with Crippen LogP contribution in [0.25, 0.3) is 0 Å². The number of halogens is 2. The summed E-state index contributed by atoms with van der Waals surface area (Å²) in [4.78, 5) is 14.1. The molecule has 1 heterocycles. The van der Waals surface area contributed by atoms with E-state index in [2.05, 4.69) is 21.2 Å². The molecule has 20 heavy (non-hydrogen) atoms. The summed E-state index contributed by atoms with van der Waals surface area (Å²) in [6, 6.07) is 7.09. The van der Waals surface area contributed by atoms with Crippen LogP contribution in [0, 0.1) is 6.92 Å². The number of hydrogen-bond donors (Lipinski definition) is 1. The minimum atomic E-state index is -0.307. The van der Waals surface area contributed by atoms with Crippen LogP contribution in [-0.4, -0.2) is 20.0 Å². The summed E-state index contributed by atoms with van der Waals surface area (Å²) in [6.07, 6.45) is 0. The Morgan fingerprint density at radius 2 is 2.05 bits per heavy atom. The van der Waals surface area contributed by atoms with Crippen molar-refractivity contribution in [3.05, 3.63) is 45.3 Å². The molecule has 0 aliphatic rings. The molecule has 1 aromatic heterocycles. The first-order valence-corrected chi connectivity index (χ1v) is 7.09. The van der Waals surface area contributed by atoms with E-state index in [1.165, 1.54) is 0 Å². The van der Waals surface area contributed by atoms with Gasteiger partial charge < -0.3 is 14.6 Å². The predicted molar refractivity (Wildman–Crippen MR) is 84.9 cm³/mol. The Morgan fingerprint density at radius 1 is 1.35 bits per heavy atom. The first-order chi connectivity index (χ1) is 9.38. The predicted octanol–water partition coefficient (Wildman–Crippen LogP) is 4.32. The number of benzene rings is 1. The van der Waals surface area contributed by atoms with Gasteiger partial charge in [-0.25, -0.2) is 0 Å². The summed E-state index contributed by atoms with van der Waals surface area (Å²) < 4.78 is 5.86. The van der Waals surface area contributed by atoms with E-state index in [1.807, 2.05) is 32.0 Å². The molecule has 4 nitrogen and oxygen atoms in total. The van der Waals surface area contributed by atoms with E-state index in [0.29, 0.717) is 15.4 Å². The third kappa shape index (κ3) is 3.16. The van der Waals surface area contributed by atoms with Gasteiger partial charge in [0.05, 0.1) is 11.4 Å². The van der Waals surface area contributed by atoms with Crippen LogP contribution < -0.4 is 10.2 Å². The van der Waals surface area contributed by atoms with Gasteiger partial charge in [-0.1, -0.05) is 11.6 Å². The fourth-order valence-electron chi connectivity index (χ4n) is 1.85. The van der Waals surface area contributed by atoms with E-state index < -0.39 is 0 Å². The Bertz CT molecular complexity index is 653. The number of nitrogens with zero attached hydrogens (tertiary/aromatic N) is 1. The van der Waals surface area contributed by atoms with Crippen molar-refractivity contribution in [1.82, 2.24) is 0 Å². The highest BCUT2D eigenvalue weighted by atomic mass is 79.9. The molecule has 0 spiro atoms. The summed E-state index contributed by atoms with van der Waals surface area (Å²) in [5.41, 5.74) is 2.27. The molecule has 1 N–H and O–H groups in total. The third-order valence-corrected chi connectivity index (χ3v) is 3.41. The molecular formula is C14H14BrClN2O2. The van der Waals surface area contributed by atoms with Gasteiger partial charge in [0.15, 0.2) is 10.4 Å². The van der Waals surface area contributed by atoms with E-state index in [4.69, 9.17) is 16.0 Å². The fourth-order valence-corrected chi connectivity index (χ4v) is 2.52. The van der Waals surface area contributed by atoms with Gasteiger partial charge in [-0.2, -0.15) is 0 Å². The standard InChI is InChI=1S/C14H14BrClN2O2/c1-8-6-12(15)20-13(8)14(19)17-10-7-9(16)4-5-11(10)18(2)3/h4-7H,1-3H3,(H,17,19). The molecule has 1 aromatic carbocycles. The number of carbonyl (C=O) groups is 1.